The average molecular weight is 271 g/mol. The molecule has 0 aliphatic carbocycles. The van der Waals surface area contributed by atoms with Gasteiger partial charge >= 0.3 is 5.97 Å². The molecule has 1 aromatic rings. The van der Waals surface area contributed by atoms with Crippen LogP contribution in [-0.2, 0) is 11.2 Å². The lowest BCUT2D eigenvalue weighted by Crippen LogP contribution is -2.28. The maximum Gasteiger partial charge on any atom is 0.335 e. The van der Waals surface area contributed by atoms with E-state index in [4.69, 9.17) is 11.5 Å². The third kappa shape index (κ3) is 3.00. The first kappa shape index (κ1) is 14.1. The zero-order valence-corrected chi connectivity index (χ0v) is 11.3. The zero-order valence-electron chi connectivity index (χ0n) is 11.3. The summed E-state index contributed by atoms with van der Waals surface area (Å²) in [4.78, 5) is 24.9. The standard InChI is InChI=1S/C16H17NO3/c1-2-3-4-5-6-15(18)17-10-9-12-7-8-13(16(19)20)11-14(12)17/h1,7-8,11H,3-6,9-10H2,(H,19,20). The van der Waals surface area contributed by atoms with Crippen LogP contribution in [0.4, 0.5) is 5.69 Å². The molecular formula is C16H17NO3. The van der Waals surface area contributed by atoms with E-state index in [1.807, 2.05) is 0 Å². The number of fused-ring (bicyclic) bond motifs is 1. The van der Waals surface area contributed by atoms with Crippen molar-refractivity contribution in [3.8, 4) is 12.3 Å². The number of terminal acetylenes is 1. The molecule has 1 N–H and O–H groups in total. The molecule has 1 aromatic carbocycles. The number of carbonyl (C=O) groups is 2. The Balaban J connectivity index is 2.06. The molecule has 1 aliphatic rings. The number of aromatic carboxylic acids is 1. The first-order valence-corrected chi connectivity index (χ1v) is 6.73. The van der Waals surface area contributed by atoms with Crippen LogP contribution in [0.2, 0.25) is 0 Å². The van der Waals surface area contributed by atoms with E-state index in [0.717, 1.165) is 30.5 Å². The number of carbonyl (C=O) groups excluding carboxylic acids is 1. The Bertz CT molecular complexity index is 572. The Hall–Kier alpha value is -2.28. The molecule has 0 unspecified atom stereocenters. The average Bonchev–Trinajstić information content (AvgIpc) is 2.86. The molecule has 0 atom stereocenters. The largest absolute Gasteiger partial charge is 0.478 e. The molecule has 4 heteroatoms. The fourth-order valence-electron chi connectivity index (χ4n) is 2.41. The number of hydrogen-bond acceptors (Lipinski definition) is 2. The highest BCUT2D eigenvalue weighted by Crippen LogP contribution is 2.29. The molecule has 104 valence electrons. The second kappa shape index (κ2) is 6.25. The van der Waals surface area contributed by atoms with Gasteiger partial charge in [0.2, 0.25) is 5.91 Å². The van der Waals surface area contributed by atoms with E-state index in [1.165, 1.54) is 0 Å². The molecular weight excluding hydrogens is 254 g/mol. The molecule has 20 heavy (non-hydrogen) atoms. The molecule has 0 saturated carbocycles. The molecule has 1 heterocycles. The molecule has 0 aromatic heterocycles. The number of anilines is 1. The summed E-state index contributed by atoms with van der Waals surface area (Å²) < 4.78 is 0. The van der Waals surface area contributed by atoms with E-state index in [-0.39, 0.29) is 11.5 Å². The van der Waals surface area contributed by atoms with E-state index >= 15 is 0 Å². The summed E-state index contributed by atoms with van der Waals surface area (Å²) in [6.07, 6.45) is 8.72. The molecule has 0 radical (unpaired) electrons. The van der Waals surface area contributed by atoms with Gasteiger partial charge in [-0.1, -0.05) is 6.07 Å². The molecule has 4 nitrogen and oxygen atoms in total. The fraction of sp³-hybridized carbons (Fsp3) is 0.375. The minimum Gasteiger partial charge on any atom is -0.478 e. The quantitative estimate of drug-likeness (QED) is 0.661. The van der Waals surface area contributed by atoms with Crippen LogP contribution in [0, 0.1) is 12.3 Å². The number of carboxylic acid groups (broad SMARTS) is 1. The van der Waals surface area contributed by atoms with Crippen molar-refractivity contribution in [3.05, 3.63) is 29.3 Å². The van der Waals surface area contributed by atoms with Gasteiger partial charge in [-0.3, -0.25) is 4.79 Å². The fourth-order valence-corrected chi connectivity index (χ4v) is 2.41. The van der Waals surface area contributed by atoms with Gasteiger partial charge in [0.15, 0.2) is 0 Å². The van der Waals surface area contributed by atoms with Crippen molar-refractivity contribution in [1.82, 2.24) is 0 Å². The third-order valence-electron chi connectivity index (χ3n) is 3.49. The number of hydrogen-bond donors (Lipinski definition) is 1. The highest BCUT2D eigenvalue weighted by molar-refractivity contribution is 5.97. The van der Waals surface area contributed by atoms with E-state index in [9.17, 15) is 9.59 Å². The highest BCUT2D eigenvalue weighted by atomic mass is 16.4. The van der Waals surface area contributed by atoms with Crippen molar-refractivity contribution in [2.45, 2.75) is 32.1 Å². The lowest BCUT2D eigenvalue weighted by molar-refractivity contribution is -0.118. The number of nitrogens with zero attached hydrogens (tertiary/aromatic N) is 1. The smallest absolute Gasteiger partial charge is 0.335 e. The number of rotatable bonds is 5. The van der Waals surface area contributed by atoms with E-state index in [0.29, 0.717) is 19.4 Å². The van der Waals surface area contributed by atoms with Crippen molar-refractivity contribution in [3.63, 3.8) is 0 Å². The number of amides is 1. The SMILES string of the molecule is C#CCCCCC(=O)N1CCc2ccc(C(=O)O)cc21. The van der Waals surface area contributed by atoms with E-state index in [1.54, 1.807) is 23.1 Å². The van der Waals surface area contributed by atoms with Crippen LogP contribution >= 0.6 is 0 Å². The summed E-state index contributed by atoms with van der Waals surface area (Å²) in [7, 11) is 0. The van der Waals surface area contributed by atoms with Crippen molar-refractivity contribution < 1.29 is 14.7 Å². The van der Waals surface area contributed by atoms with Gasteiger partial charge in [0, 0.05) is 25.1 Å². The first-order valence-electron chi connectivity index (χ1n) is 6.73. The summed E-state index contributed by atoms with van der Waals surface area (Å²) in [5.74, 6) is 1.63. The van der Waals surface area contributed by atoms with Crippen molar-refractivity contribution in [2.75, 3.05) is 11.4 Å². The van der Waals surface area contributed by atoms with E-state index in [2.05, 4.69) is 5.92 Å². The van der Waals surface area contributed by atoms with Crippen molar-refractivity contribution >= 4 is 17.6 Å². The molecule has 0 fully saturated rings. The summed E-state index contributed by atoms with van der Waals surface area (Å²) >= 11 is 0. The summed E-state index contributed by atoms with van der Waals surface area (Å²) in [6.45, 7) is 0.631. The van der Waals surface area contributed by atoms with Crippen LogP contribution in [0.15, 0.2) is 18.2 Å². The second-order valence-corrected chi connectivity index (χ2v) is 4.86. The Kier molecular flexibility index (Phi) is 4.41. The Morgan fingerprint density at radius 1 is 1.35 bits per heavy atom. The monoisotopic (exact) mass is 271 g/mol. The van der Waals surface area contributed by atoms with Crippen LogP contribution in [0.25, 0.3) is 0 Å². The van der Waals surface area contributed by atoms with Crippen LogP contribution in [-0.4, -0.2) is 23.5 Å². The van der Waals surface area contributed by atoms with Gasteiger partial charge < -0.3 is 10.0 Å². The molecule has 1 aliphatic heterocycles. The Labute approximate surface area is 118 Å². The van der Waals surface area contributed by atoms with Crippen LogP contribution in [0.1, 0.15) is 41.6 Å². The third-order valence-corrected chi connectivity index (χ3v) is 3.49. The Morgan fingerprint density at radius 3 is 2.85 bits per heavy atom. The van der Waals surface area contributed by atoms with Gasteiger partial charge in [-0.25, -0.2) is 4.79 Å². The van der Waals surface area contributed by atoms with Gasteiger partial charge in [0.1, 0.15) is 0 Å². The Morgan fingerprint density at radius 2 is 2.15 bits per heavy atom. The van der Waals surface area contributed by atoms with Crippen LogP contribution in [0.3, 0.4) is 0 Å². The summed E-state index contributed by atoms with van der Waals surface area (Å²) in [5, 5.41) is 9.02. The predicted octanol–water partition coefficient (Wildman–Crippen LogP) is 2.47. The maximum absolute atomic E-state index is 12.2. The second-order valence-electron chi connectivity index (χ2n) is 4.86. The van der Waals surface area contributed by atoms with Gasteiger partial charge in [0.25, 0.3) is 0 Å². The predicted molar refractivity (Wildman–Crippen MR) is 76.8 cm³/mol. The molecule has 0 spiro atoms. The number of unbranched alkanes of at least 4 members (excludes halogenated alkanes) is 2. The van der Waals surface area contributed by atoms with Gasteiger partial charge in [0.05, 0.1) is 5.56 Å². The van der Waals surface area contributed by atoms with Gasteiger partial charge in [-0.2, -0.15) is 0 Å². The number of benzene rings is 1. The molecule has 0 bridgehead atoms. The molecule has 2 rings (SSSR count). The van der Waals surface area contributed by atoms with Crippen molar-refractivity contribution in [2.24, 2.45) is 0 Å². The molecule has 0 saturated heterocycles. The van der Waals surface area contributed by atoms with Gasteiger partial charge in [-0.15, -0.1) is 12.3 Å². The van der Waals surface area contributed by atoms with Crippen molar-refractivity contribution in [1.29, 1.82) is 0 Å². The summed E-state index contributed by atoms with van der Waals surface area (Å²) in [5.41, 5.74) is 2.00. The first-order chi connectivity index (χ1) is 9.63. The van der Waals surface area contributed by atoms with E-state index < -0.39 is 5.97 Å². The van der Waals surface area contributed by atoms with Gasteiger partial charge in [-0.05, 0) is 37.0 Å². The topological polar surface area (TPSA) is 57.6 Å². The highest BCUT2D eigenvalue weighted by Gasteiger charge is 2.25. The summed E-state index contributed by atoms with van der Waals surface area (Å²) in [6, 6.07) is 4.97. The lowest BCUT2D eigenvalue weighted by Gasteiger charge is -2.17. The normalized spacial score (nSPS) is 12.8. The maximum atomic E-state index is 12.2. The minimum atomic E-state index is -0.971. The minimum absolute atomic E-state index is 0.0447. The molecule has 1 amide bonds. The van der Waals surface area contributed by atoms with Crippen LogP contribution < -0.4 is 4.90 Å². The lowest BCUT2D eigenvalue weighted by atomic mass is 10.1. The zero-order chi connectivity index (χ0) is 14.5. The van der Waals surface area contributed by atoms with Crippen LogP contribution in [0.5, 0.6) is 0 Å². The number of carboxylic acids is 1.